The van der Waals surface area contributed by atoms with Gasteiger partial charge in [-0.05, 0) is 18.9 Å². The number of rotatable bonds is 6. The number of benzene rings is 1. The van der Waals surface area contributed by atoms with Gasteiger partial charge in [-0.3, -0.25) is 10.4 Å². The fraction of sp³-hybridized carbons (Fsp3) is 0.235. The van der Waals surface area contributed by atoms with Gasteiger partial charge in [0.1, 0.15) is 0 Å². The summed E-state index contributed by atoms with van der Waals surface area (Å²) in [7, 11) is 1.78. The number of hydrogen-bond acceptors (Lipinski definition) is 4. The minimum absolute atomic E-state index is 0.139. The molecule has 0 saturated carbocycles. The van der Waals surface area contributed by atoms with E-state index in [1.165, 1.54) is 11.3 Å². The van der Waals surface area contributed by atoms with Gasteiger partial charge >= 0.3 is 6.03 Å². The van der Waals surface area contributed by atoms with Crippen molar-refractivity contribution in [2.45, 2.75) is 12.8 Å². The number of urea groups is 1. The Morgan fingerprint density at radius 2 is 2.17 bits per heavy atom. The lowest BCUT2D eigenvalue weighted by molar-refractivity contribution is 0.222. The molecular weight excluding hydrogens is 322 g/mol. The van der Waals surface area contributed by atoms with E-state index in [0.29, 0.717) is 11.7 Å². The lowest BCUT2D eigenvalue weighted by Crippen LogP contribution is -2.32. The van der Waals surface area contributed by atoms with Gasteiger partial charge in [-0.1, -0.05) is 30.3 Å². The van der Waals surface area contributed by atoms with Gasteiger partial charge in [0.2, 0.25) is 0 Å². The maximum Gasteiger partial charge on any atom is 0.323 e. The van der Waals surface area contributed by atoms with Crippen molar-refractivity contribution in [3.8, 4) is 11.3 Å². The van der Waals surface area contributed by atoms with E-state index >= 15 is 0 Å². The lowest BCUT2D eigenvalue weighted by Gasteiger charge is -2.16. The van der Waals surface area contributed by atoms with E-state index in [2.05, 4.69) is 26.6 Å². The van der Waals surface area contributed by atoms with Gasteiger partial charge < -0.3 is 4.90 Å². The molecule has 1 aromatic carbocycles. The second kappa shape index (κ2) is 7.74. The summed E-state index contributed by atoms with van der Waals surface area (Å²) in [5.74, 6) is 0. The van der Waals surface area contributed by atoms with Gasteiger partial charge in [-0.15, -0.1) is 11.3 Å². The average molecular weight is 341 g/mol. The zero-order chi connectivity index (χ0) is 16.8. The monoisotopic (exact) mass is 341 g/mol. The molecule has 0 saturated heterocycles. The molecule has 0 radical (unpaired) electrons. The number of aryl methyl sites for hydroxylation is 1. The van der Waals surface area contributed by atoms with Crippen LogP contribution in [0.1, 0.15) is 12.1 Å². The fourth-order valence-electron chi connectivity index (χ4n) is 2.33. The minimum Gasteiger partial charge on any atom is -0.328 e. The second-order valence-electron chi connectivity index (χ2n) is 5.44. The van der Waals surface area contributed by atoms with Gasteiger partial charge in [-0.2, -0.15) is 5.10 Å². The van der Waals surface area contributed by atoms with E-state index in [-0.39, 0.29) is 6.03 Å². The lowest BCUT2D eigenvalue weighted by atomic mass is 10.1. The van der Waals surface area contributed by atoms with Crippen molar-refractivity contribution in [2.24, 2.45) is 0 Å². The largest absolute Gasteiger partial charge is 0.328 e. The molecule has 0 atom stereocenters. The number of H-pyrrole nitrogens is 1. The molecule has 2 N–H and O–H groups in total. The number of carbonyl (C=O) groups is 1. The van der Waals surface area contributed by atoms with E-state index in [1.54, 1.807) is 18.1 Å². The van der Waals surface area contributed by atoms with Crippen molar-refractivity contribution < 1.29 is 4.79 Å². The van der Waals surface area contributed by atoms with Crippen molar-refractivity contribution in [1.29, 1.82) is 0 Å². The van der Waals surface area contributed by atoms with Crippen LogP contribution in [0, 0.1) is 0 Å². The van der Waals surface area contributed by atoms with Crippen LogP contribution in [-0.2, 0) is 6.42 Å². The van der Waals surface area contributed by atoms with Crippen molar-refractivity contribution in [3.05, 3.63) is 53.7 Å². The number of nitrogens with one attached hydrogen (secondary N) is 2. The predicted octanol–water partition coefficient (Wildman–Crippen LogP) is 3.63. The predicted molar refractivity (Wildman–Crippen MR) is 96.1 cm³/mol. The minimum atomic E-state index is -0.139. The van der Waals surface area contributed by atoms with Gasteiger partial charge in [-0.25, -0.2) is 9.78 Å². The van der Waals surface area contributed by atoms with Crippen molar-refractivity contribution in [3.63, 3.8) is 0 Å². The molecule has 0 fully saturated rings. The molecule has 7 heteroatoms. The topological polar surface area (TPSA) is 73.9 Å². The highest BCUT2D eigenvalue weighted by atomic mass is 32.1. The summed E-state index contributed by atoms with van der Waals surface area (Å²) >= 11 is 1.41. The number of nitrogens with zero attached hydrogens (tertiary/aromatic N) is 3. The Bertz CT molecular complexity index is 769. The van der Waals surface area contributed by atoms with Crippen LogP contribution in [0.25, 0.3) is 11.3 Å². The van der Waals surface area contributed by atoms with E-state index in [1.807, 2.05) is 35.7 Å². The van der Waals surface area contributed by atoms with Crippen LogP contribution in [0.5, 0.6) is 0 Å². The number of aromatic amines is 1. The van der Waals surface area contributed by atoms with Crippen LogP contribution in [0.3, 0.4) is 0 Å². The van der Waals surface area contributed by atoms with Gasteiger partial charge in [0.05, 0.1) is 5.69 Å². The molecule has 0 unspecified atom stereocenters. The number of thiazole rings is 1. The fourth-order valence-corrected chi connectivity index (χ4v) is 2.85. The first-order valence-corrected chi connectivity index (χ1v) is 8.61. The number of carbonyl (C=O) groups excluding carboxylic acids is 1. The third-order valence-corrected chi connectivity index (χ3v) is 4.32. The SMILES string of the molecule is CN(CCCc1cc(-c2ccccc2)n[nH]1)C(=O)Nc1nccs1. The summed E-state index contributed by atoms with van der Waals surface area (Å²) in [4.78, 5) is 17.7. The Kier molecular flexibility index (Phi) is 5.22. The third-order valence-electron chi connectivity index (χ3n) is 3.63. The maximum absolute atomic E-state index is 12.0. The zero-order valence-electron chi connectivity index (χ0n) is 13.4. The highest BCUT2D eigenvalue weighted by Gasteiger charge is 2.10. The molecular formula is C17H19N5OS. The number of hydrogen-bond donors (Lipinski definition) is 2. The molecule has 0 spiro atoms. The van der Waals surface area contributed by atoms with E-state index in [9.17, 15) is 4.79 Å². The van der Waals surface area contributed by atoms with Crippen LogP contribution in [0.2, 0.25) is 0 Å². The van der Waals surface area contributed by atoms with Gasteiger partial charge in [0.15, 0.2) is 5.13 Å². The highest BCUT2D eigenvalue weighted by molar-refractivity contribution is 7.13. The first-order valence-electron chi connectivity index (χ1n) is 7.73. The Balaban J connectivity index is 1.46. The number of anilines is 1. The van der Waals surface area contributed by atoms with Crippen LogP contribution >= 0.6 is 11.3 Å². The quantitative estimate of drug-likeness (QED) is 0.719. The molecule has 0 aliphatic heterocycles. The summed E-state index contributed by atoms with van der Waals surface area (Å²) in [5.41, 5.74) is 3.11. The molecule has 0 aliphatic carbocycles. The standard InChI is InChI=1S/C17H19N5OS/c1-22(17(23)19-16-18-9-11-24-16)10-5-8-14-12-15(21-20-14)13-6-3-2-4-7-13/h2-4,6-7,9,11-12H,5,8,10H2,1H3,(H,20,21)(H,18,19,23). The molecule has 2 amide bonds. The molecule has 2 aromatic heterocycles. The molecule has 0 aliphatic rings. The summed E-state index contributed by atoms with van der Waals surface area (Å²) in [6, 6.07) is 12.0. The van der Waals surface area contributed by atoms with Crippen LogP contribution in [0.15, 0.2) is 48.0 Å². The molecule has 6 nitrogen and oxygen atoms in total. The average Bonchev–Trinajstić information content (AvgIpc) is 3.27. The summed E-state index contributed by atoms with van der Waals surface area (Å²) in [6.07, 6.45) is 3.37. The van der Waals surface area contributed by atoms with Crippen molar-refractivity contribution in [1.82, 2.24) is 20.1 Å². The normalized spacial score (nSPS) is 10.5. The van der Waals surface area contributed by atoms with Crippen LogP contribution < -0.4 is 5.32 Å². The van der Waals surface area contributed by atoms with Crippen LogP contribution in [0.4, 0.5) is 9.93 Å². The van der Waals surface area contributed by atoms with Gasteiger partial charge in [0.25, 0.3) is 0 Å². The molecule has 0 bridgehead atoms. The smallest absolute Gasteiger partial charge is 0.323 e. The summed E-state index contributed by atoms with van der Waals surface area (Å²) in [6.45, 7) is 0.664. The third kappa shape index (κ3) is 4.20. The highest BCUT2D eigenvalue weighted by Crippen LogP contribution is 2.17. The first kappa shape index (κ1) is 16.2. The Labute approximate surface area is 144 Å². The Morgan fingerprint density at radius 3 is 2.92 bits per heavy atom. The molecule has 3 aromatic rings. The van der Waals surface area contributed by atoms with E-state index < -0.39 is 0 Å². The maximum atomic E-state index is 12.0. The first-order chi connectivity index (χ1) is 11.7. The zero-order valence-corrected chi connectivity index (χ0v) is 14.2. The van der Waals surface area contributed by atoms with Crippen LogP contribution in [-0.4, -0.2) is 39.7 Å². The Morgan fingerprint density at radius 1 is 1.33 bits per heavy atom. The molecule has 24 heavy (non-hydrogen) atoms. The Hall–Kier alpha value is -2.67. The van der Waals surface area contributed by atoms with Crippen molar-refractivity contribution >= 4 is 22.5 Å². The van der Waals surface area contributed by atoms with E-state index in [4.69, 9.17) is 0 Å². The number of amides is 2. The van der Waals surface area contributed by atoms with Crippen molar-refractivity contribution in [2.75, 3.05) is 18.9 Å². The van der Waals surface area contributed by atoms with E-state index in [0.717, 1.165) is 29.8 Å². The molecule has 2 heterocycles. The number of aromatic nitrogens is 3. The summed E-state index contributed by atoms with van der Waals surface area (Å²) < 4.78 is 0. The van der Waals surface area contributed by atoms with Gasteiger partial charge in [0, 0.05) is 36.4 Å². The molecule has 124 valence electrons. The molecule has 3 rings (SSSR count). The summed E-state index contributed by atoms with van der Waals surface area (Å²) in [5, 5.41) is 12.6. The second-order valence-corrected chi connectivity index (χ2v) is 6.33.